The van der Waals surface area contributed by atoms with E-state index < -0.39 is 34.2 Å². The molecule has 7 heteroatoms. The number of esters is 2. The van der Waals surface area contributed by atoms with Gasteiger partial charge in [-0.2, -0.15) is 0 Å². The number of aliphatic hydroxyl groups is 1. The Morgan fingerprint density at radius 3 is 2.29 bits per heavy atom. The molecule has 3 aliphatic carbocycles. The molecular formula is C21H26O7. The van der Waals surface area contributed by atoms with Crippen LogP contribution in [0.4, 0.5) is 0 Å². The minimum absolute atomic E-state index is 0.0361. The van der Waals surface area contributed by atoms with E-state index in [1.54, 1.807) is 13.8 Å². The summed E-state index contributed by atoms with van der Waals surface area (Å²) in [6.07, 6.45) is 3.33. The Bertz CT molecular complexity index is 826. The summed E-state index contributed by atoms with van der Waals surface area (Å²) in [5.41, 5.74) is -1.96. The van der Waals surface area contributed by atoms with Crippen molar-refractivity contribution in [3.63, 3.8) is 0 Å². The number of rotatable bonds is 6. The highest BCUT2D eigenvalue weighted by Crippen LogP contribution is 2.64. The monoisotopic (exact) mass is 390 g/mol. The summed E-state index contributed by atoms with van der Waals surface area (Å²) in [7, 11) is 1.28. The Labute approximate surface area is 163 Å². The lowest BCUT2D eigenvalue weighted by molar-refractivity contribution is -0.147. The second-order valence-electron chi connectivity index (χ2n) is 8.38. The summed E-state index contributed by atoms with van der Waals surface area (Å²) in [5.74, 6) is -1.61. The maximum Gasteiger partial charge on any atom is 0.305 e. The molecule has 1 fully saturated rings. The first-order valence-electron chi connectivity index (χ1n) is 9.49. The third-order valence-corrected chi connectivity index (χ3v) is 6.46. The first kappa shape index (κ1) is 20.5. The SMILES string of the molecule is COC(=O)CCCC(=O)OCC1(C)C=C2C(=O)[C@](C)(O)C3(CC3)C(C)=C2C1=O. The van der Waals surface area contributed by atoms with Crippen molar-refractivity contribution in [2.75, 3.05) is 13.7 Å². The molecule has 1 spiro atoms. The highest BCUT2D eigenvalue weighted by molar-refractivity contribution is 6.23. The fourth-order valence-corrected chi connectivity index (χ4v) is 4.38. The Morgan fingerprint density at radius 1 is 1.11 bits per heavy atom. The van der Waals surface area contributed by atoms with Crippen LogP contribution in [0.25, 0.3) is 0 Å². The van der Waals surface area contributed by atoms with Gasteiger partial charge >= 0.3 is 11.9 Å². The fourth-order valence-electron chi connectivity index (χ4n) is 4.38. The molecule has 1 N–H and O–H groups in total. The number of ether oxygens (including phenoxy) is 2. The summed E-state index contributed by atoms with van der Waals surface area (Å²) in [6, 6.07) is 0. The molecular weight excluding hydrogens is 364 g/mol. The third-order valence-electron chi connectivity index (χ3n) is 6.46. The molecule has 2 atom stereocenters. The zero-order valence-electron chi connectivity index (χ0n) is 16.7. The Balaban J connectivity index is 1.74. The van der Waals surface area contributed by atoms with Crippen LogP contribution in [-0.4, -0.2) is 47.9 Å². The van der Waals surface area contributed by atoms with Crippen LogP contribution in [0.2, 0.25) is 0 Å². The molecule has 0 saturated heterocycles. The van der Waals surface area contributed by atoms with E-state index in [4.69, 9.17) is 4.74 Å². The maximum absolute atomic E-state index is 13.1. The summed E-state index contributed by atoms with van der Waals surface area (Å²) in [5, 5.41) is 10.8. The highest BCUT2D eigenvalue weighted by atomic mass is 16.5. The quantitative estimate of drug-likeness (QED) is 0.689. The Kier molecular flexibility index (Phi) is 4.86. The Morgan fingerprint density at radius 2 is 1.71 bits per heavy atom. The molecule has 0 aliphatic heterocycles. The fraction of sp³-hybridized carbons (Fsp3) is 0.619. The first-order valence-corrected chi connectivity index (χ1v) is 9.49. The zero-order chi connectivity index (χ0) is 20.9. The first-order chi connectivity index (χ1) is 13.0. The number of carbonyl (C=O) groups excluding carboxylic acids is 4. The van der Waals surface area contributed by atoms with Crippen molar-refractivity contribution in [2.24, 2.45) is 10.8 Å². The lowest BCUT2D eigenvalue weighted by Crippen LogP contribution is -2.49. The van der Waals surface area contributed by atoms with Crippen molar-refractivity contribution in [1.29, 1.82) is 0 Å². The van der Waals surface area contributed by atoms with E-state index in [1.807, 2.05) is 0 Å². The molecule has 0 aromatic carbocycles. The van der Waals surface area contributed by atoms with Crippen molar-refractivity contribution in [1.82, 2.24) is 0 Å². The largest absolute Gasteiger partial charge is 0.469 e. The van der Waals surface area contributed by atoms with Crippen molar-refractivity contribution >= 4 is 23.5 Å². The standard InChI is InChI=1S/C21H26O7/c1-12-16-13(17(24)20(3,26)21(12)8-9-21)10-19(2,18(16)25)11-28-15(23)7-5-6-14(22)27-4/h10,26H,5-9,11H2,1-4H3/t19?,20-/m0/s1. The van der Waals surface area contributed by atoms with Gasteiger partial charge in [0.05, 0.1) is 12.5 Å². The normalized spacial score (nSPS) is 30.2. The number of ketones is 2. The summed E-state index contributed by atoms with van der Waals surface area (Å²) < 4.78 is 9.77. The van der Waals surface area contributed by atoms with Gasteiger partial charge in [-0.25, -0.2) is 0 Å². The Hall–Kier alpha value is -2.28. The number of carbonyl (C=O) groups is 4. The second-order valence-corrected chi connectivity index (χ2v) is 8.38. The molecule has 1 unspecified atom stereocenters. The van der Waals surface area contributed by atoms with Gasteiger partial charge in [-0.15, -0.1) is 0 Å². The number of Topliss-reactive ketones (excluding diaryl/α,β-unsaturated/α-hetero) is 2. The lowest BCUT2D eigenvalue weighted by Gasteiger charge is -2.38. The van der Waals surface area contributed by atoms with Gasteiger partial charge in [0.15, 0.2) is 11.6 Å². The number of allylic oxidation sites excluding steroid dienone is 1. The maximum atomic E-state index is 13.1. The zero-order valence-corrected chi connectivity index (χ0v) is 16.7. The predicted octanol–water partition coefficient (Wildman–Crippen LogP) is 1.82. The van der Waals surface area contributed by atoms with E-state index in [0.717, 1.165) is 5.57 Å². The molecule has 0 radical (unpaired) electrons. The number of hydrogen-bond acceptors (Lipinski definition) is 7. The van der Waals surface area contributed by atoms with Crippen LogP contribution in [0.5, 0.6) is 0 Å². The van der Waals surface area contributed by atoms with Crippen LogP contribution in [0.15, 0.2) is 22.8 Å². The van der Waals surface area contributed by atoms with Crippen LogP contribution in [0.1, 0.15) is 52.9 Å². The summed E-state index contributed by atoms with van der Waals surface area (Å²) >= 11 is 0. The molecule has 0 heterocycles. The predicted molar refractivity (Wildman–Crippen MR) is 98.0 cm³/mol. The lowest BCUT2D eigenvalue weighted by atomic mass is 9.68. The van der Waals surface area contributed by atoms with Crippen molar-refractivity contribution in [3.8, 4) is 0 Å². The minimum Gasteiger partial charge on any atom is -0.469 e. The average molecular weight is 390 g/mol. The molecule has 0 aromatic heterocycles. The van der Waals surface area contributed by atoms with E-state index in [-0.39, 0.29) is 30.8 Å². The van der Waals surface area contributed by atoms with Gasteiger partial charge < -0.3 is 14.6 Å². The minimum atomic E-state index is -1.53. The molecule has 3 rings (SSSR count). The number of fused-ring (bicyclic) bond motifs is 1. The topological polar surface area (TPSA) is 107 Å². The van der Waals surface area contributed by atoms with E-state index in [2.05, 4.69) is 4.74 Å². The van der Waals surface area contributed by atoms with Crippen molar-refractivity contribution in [3.05, 3.63) is 22.8 Å². The van der Waals surface area contributed by atoms with E-state index >= 15 is 0 Å². The van der Waals surface area contributed by atoms with E-state index in [0.29, 0.717) is 24.8 Å². The number of hydrogen-bond donors (Lipinski definition) is 1. The molecule has 28 heavy (non-hydrogen) atoms. The molecule has 3 aliphatic rings. The van der Waals surface area contributed by atoms with Crippen LogP contribution in [0.3, 0.4) is 0 Å². The summed E-state index contributed by atoms with van der Waals surface area (Å²) in [4.78, 5) is 49.0. The van der Waals surface area contributed by atoms with Gasteiger partial charge in [0.2, 0.25) is 0 Å². The molecule has 1 saturated carbocycles. The highest BCUT2D eigenvalue weighted by Gasteiger charge is 2.66. The van der Waals surface area contributed by atoms with E-state index in [1.165, 1.54) is 20.1 Å². The third kappa shape index (κ3) is 2.92. The molecule has 0 amide bonds. The summed E-state index contributed by atoms with van der Waals surface area (Å²) in [6.45, 7) is 4.76. The van der Waals surface area contributed by atoms with Crippen LogP contribution < -0.4 is 0 Å². The van der Waals surface area contributed by atoms with Crippen molar-refractivity contribution in [2.45, 2.75) is 58.5 Å². The molecule has 7 nitrogen and oxygen atoms in total. The van der Waals surface area contributed by atoms with Crippen molar-refractivity contribution < 1.29 is 33.8 Å². The molecule has 0 aromatic rings. The average Bonchev–Trinajstić information content (AvgIpc) is 3.41. The number of methoxy groups -OCH3 is 1. The van der Waals surface area contributed by atoms with Crippen LogP contribution >= 0.6 is 0 Å². The van der Waals surface area contributed by atoms with Gasteiger partial charge in [0.25, 0.3) is 0 Å². The molecule has 152 valence electrons. The van der Waals surface area contributed by atoms with Crippen LogP contribution in [0, 0.1) is 10.8 Å². The smallest absolute Gasteiger partial charge is 0.305 e. The van der Waals surface area contributed by atoms with Gasteiger partial charge in [-0.05, 0) is 40.0 Å². The van der Waals surface area contributed by atoms with E-state index in [9.17, 15) is 24.3 Å². The van der Waals surface area contributed by atoms with Gasteiger partial charge in [0.1, 0.15) is 12.2 Å². The van der Waals surface area contributed by atoms with Crippen LogP contribution in [-0.2, 0) is 28.7 Å². The second kappa shape index (κ2) is 6.65. The molecule has 0 bridgehead atoms. The van der Waals surface area contributed by atoms with Gasteiger partial charge in [-0.3, -0.25) is 19.2 Å². The van der Waals surface area contributed by atoms with Gasteiger partial charge in [0, 0.05) is 29.4 Å². The van der Waals surface area contributed by atoms with Gasteiger partial charge in [-0.1, -0.05) is 11.6 Å².